The van der Waals surface area contributed by atoms with Crippen LogP contribution < -0.4 is 5.32 Å². The Morgan fingerprint density at radius 3 is 2.38 bits per heavy atom. The van der Waals surface area contributed by atoms with Crippen molar-refractivity contribution in [1.82, 2.24) is 10.2 Å². The number of piperidine rings is 1. The Balaban J connectivity index is 0.00000128. The van der Waals surface area contributed by atoms with Gasteiger partial charge in [-0.25, -0.2) is 0 Å². The number of carbonyl (C=O) groups is 1. The molecule has 2 aliphatic rings. The van der Waals surface area contributed by atoms with Crippen molar-refractivity contribution in [3.8, 4) is 0 Å². The third-order valence-electron chi connectivity index (χ3n) is 3.32. The van der Waals surface area contributed by atoms with Crippen LogP contribution in [-0.4, -0.2) is 42.3 Å². The zero-order valence-electron chi connectivity index (χ0n) is 10.1. The maximum atomic E-state index is 12.2. The first-order valence-corrected chi connectivity index (χ1v) is 5.65. The molecule has 1 amide bonds. The van der Waals surface area contributed by atoms with E-state index in [1.54, 1.807) is 4.90 Å². The first kappa shape index (κ1) is 13.5. The molecule has 1 saturated heterocycles. The number of nitrogens with one attached hydrogen (secondary N) is 1. The number of aliphatic imine (C=N–C) groups is 1. The molecule has 0 saturated carbocycles. The SMILES string of the molecule is CC(C)C1=NC2(CCNCC2)C(=O)N1C.Cl. The number of amidine groups is 1. The Bertz CT molecular complexity index is 308. The van der Waals surface area contributed by atoms with Gasteiger partial charge < -0.3 is 10.2 Å². The second kappa shape index (κ2) is 4.72. The molecule has 1 spiro atoms. The number of nitrogens with zero attached hydrogens (tertiary/aromatic N) is 2. The fraction of sp³-hybridized carbons (Fsp3) is 0.818. The molecule has 2 heterocycles. The maximum Gasteiger partial charge on any atom is 0.255 e. The van der Waals surface area contributed by atoms with Crippen LogP contribution in [0.25, 0.3) is 0 Å². The van der Waals surface area contributed by atoms with Gasteiger partial charge in [0.25, 0.3) is 5.91 Å². The lowest BCUT2D eigenvalue weighted by Gasteiger charge is -2.29. The highest BCUT2D eigenvalue weighted by Crippen LogP contribution is 2.32. The van der Waals surface area contributed by atoms with Crippen LogP contribution in [-0.2, 0) is 4.79 Å². The summed E-state index contributed by atoms with van der Waals surface area (Å²) in [5.74, 6) is 1.46. The van der Waals surface area contributed by atoms with E-state index in [4.69, 9.17) is 4.99 Å². The van der Waals surface area contributed by atoms with E-state index >= 15 is 0 Å². The molecule has 0 aliphatic carbocycles. The lowest BCUT2D eigenvalue weighted by atomic mass is 9.89. The highest BCUT2D eigenvalue weighted by atomic mass is 35.5. The van der Waals surface area contributed by atoms with Crippen LogP contribution in [0.2, 0.25) is 0 Å². The van der Waals surface area contributed by atoms with Gasteiger partial charge in [-0.05, 0) is 25.9 Å². The fourth-order valence-corrected chi connectivity index (χ4v) is 2.44. The monoisotopic (exact) mass is 245 g/mol. The van der Waals surface area contributed by atoms with Crippen LogP contribution >= 0.6 is 12.4 Å². The first-order chi connectivity index (χ1) is 7.07. The number of amides is 1. The highest BCUT2D eigenvalue weighted by molar-refractivity contribution is 6.08. The molecule has 5 heteroatoms. The summed E-state index contributed by atoms with van der Waals surface area (Å²) in [6, 6.07) is 0. The molecule has 16 heavy (non-hydrogen) atoms. The molecule has 92 valence electrons. The molecule has 0 atom stereocenters. The second-order valence-corrected chi connectivity index (χ2v) is 4.77. The number of likely N-dealkylation sites (N-methyl/N-ethyl adjacent to an activating group) is 1. The quantitative estimate of drug-likeness (QED) is 0.751. The van der Waals surface area contributed by atoms with E-state index in [0.29, 0.717) is 5.92 Å². The Morgan fingerprint density at radius 2 is 1.94 bits per heavy atom. The minimum absolute atomic E-state index is 0. The van der Waals surface area contributed by atoms with E-state index in [-0.39, 0.29) is 18.3 Å². The molecule has 1 fully saturated rings. The summed E-state index contributed by atoms with van der Waals surface area (Å²) in [6.07, 6.45) is 1.68. The minimum atomic E-state index is -0.431. The largest absolute Gasteiger partial charge is 0.317 e. The van der Waals surface area contributed by atoms with E-state index < -0.39 is 5.54 Å². The molecule has 0 radical (unpaired) electrons. The van der Waals surface area contributed by atoms with Crippen molar-refractivity contribution < 1.29 is 4.79 Å². The highest BCUT2D eigenvalue weighted by Gasteiger charge is 2.47. The molecular formula is C11H20ClN3O. The van der Waals surface area contributed by atoms with E-state index in [9.17, 15) is 4.79 Å². The van der Waals surface area contributed by atoms with Crippen molar-refractivity contribution in [2.24, 2.45) is 10.9 Å². The first-order valence-electron chi connectivity index (χ1n) is 5.65. The smallest absolute Gasteiger partial charge is 0.255 e. The van der Waals surface area contributed by atoms with Crippen molar-refractivity contribution in [3.63, 3.8) is 0 Å². The van der Waals surface area contributed by atoms with Gasteiger partial charge in [-0.2, -0.15) is 0 Å². The number of hydrogen-bond acceptors (Lipinski definition) is 3. The number of hydrogen-bond donors (Lipinski definition) is 1. The van der Waals surface area contributed by atoms with Gasteiger partial charge in [-0.3, -0.25) is 9.79 Å². The zero-order chi connectivity index (χ0) is 11.1. The van der Waals surface area contributed by atoms with Crippen molar-refractivity contribution in [1.29, 1.82) is 0 Å². The van der Waals surface area contributed by atoms with Gasteiger partial charge in [0.15, 0.2) is 0 Å². The second-order valence-electron chi connectivity index (χ2n) is 4.77. The Hall–Kier alpha value is -0.610. The summed E-state index contributed by atoms with van der Waals surface area (Å²) >= 11 is 0. The normalized spacial score (nSPS) is 23.6. The lowest BCUT2D eigenvalue weighted by Crippen LogP contribution is -2.48. The average molecular weight is 246 g/mol. The molecule has 0 unspecified atom stereocenters. The molecular weight excluding hydrogens is 226 g/mol. The predicted octanol–water partition coefficient (Wildman–Crippen LogP) is 1.06. The topological polar surface area (TPSA) is 44.7 Å². The van der Waals surface area contributed by atoms with Crippen LogP contribution in [0.3, 0.4) is 0 Å². The standard InChI is InChI=1S/C11H19N3O.ClH/c1-8(2)9-13-11(10(15)14(9)3)4-6-12-7-5-11;/h8,12H,4-7H2,1-3H3;1H. The average Bonchev–Trinajstić information content (AvgIpc) is 2.46. The van der Waals surface area contributed by atoms with Crippen LogP contribution in [0.5, 0.6) is 0 Å². The zero-order valence-corrected chi connectivity index (χ0v) is 10.9. The Morgan fingerprint density at radius 1 is 1.38 bits per heavy atom. The van der Waals surface area contributed by atoms with Crippen molar-refractivity contribution in [2.45, 2.75) is 32.2 Å². The van der Waals surface area contributed by atoms with Gasteiger partial charge in [0.2, 0.25) is 0 Å². The summed E-state index contributed by atoms with van der Waals surface area (Å²) in [5, 5.41) is 3.28. The summed E-state index contributed by atoms with van der Waals surface area (Å²) < 4.78 is 0. The van der Waals surface area contributed by atoms with E-state index in [0.717, 1.165) is 31.8 Å². The Kier molecular flexibility index (Phi) is 3.97. The van der Waals surface area contributed by atoms with E-state index in [2.05, 4.69) is 19.2 Å². The fourth-order valence-electron chi connectivity index (χ4n) is 2.44. The van der Waals surface area contributed by atoms with Gasteiger partial charge in [0.05, 0.1) is 0 Å². The van der Waals surface area contributed by atoms with E-state index in [1.165, 1.54) is 0 Å². The predicted molar refractivity (Wildman–Crippen MR) is 67.1 cm³/mol. The third kappa shape index (κ3) is 1.96. The summed E-state index contributed by atoms with van der Waals surface area (Å²) in [5.41, 5.74) is -0.431. The van der Waals surface area contributed by atoms with Crippen molar-refractivity contribution >= 4 is 24.1 Å². The van der Waals surface area contributed by atoms with Crippen molar-refractivity contribution in [3.05, 3.63) is 0 Å². The lowest BCUT2D eigenvalue weighted by molar-refractivity contribution is -0.131. The molecule has 0 bridgehead atoms. The van der Waals surface area contributed by atoms with E-state index in [1.807, 2.05) is 7.05 Å². The maximum absolute atomic E-state index is 12.2. The molecule has 1 N–H and O–H groups in total. The van der Waals surface area contributed by atoms with Crippen LogP contribution in [0.15, 0.2) is 4.99 Å². The van der Waals surface area contributed by atoms with Gasteiger partial charge in [0, 0.05) is 13.0 Å². The van der Waals surface area contributed by atoms with Crippen LogP contribution in [0.1, 0.15) is 26.7 Å². The molecule has 0 aromatic carbocycles. The van der Waals surface area contributed by atoms with Gasteiger partial charge in [-0.15, -0.1) is 12.4 Å². The molecule has 4 nitrogen and oxygen atoms in total. The molecule has 0 aromatic rings. The number of rotatable bonds is 1. The minimum Gasteiger partial charge on any atom is -0.317 e. The van der Waals surface area contributed by atoms with Gasteiger partial charge in [0.1, 0.15) is 11.4 Å². The van der Waals surface area contributed by atoms with Gasteiger partial charge in [-0.1, -0.05) is 13.8 Å². The van der Waals surface area contributed by atoms with Crippen LogP contribution in [0.4, 0.5) is 0 Å². The molecule has 2 aliphatic heterocycles. The third-order valence-corrected chi connectivity index (χ3v) is 3.32. The number of halogens is 1. The summed E-state index contributed by atoms with van der Waals surface area (Å²) in [6.45, 7) is 5.97. The summed E-state index contributed by atoms with van der Waals surface area (Å²) in [7, 11) is 1.85. The Labute approximate surface area is 103 Å². The van der Waals surface area contributed by atoms with Gasteiger partial charge >= 0.3 is 0 Å². The summed E-state index contributed by atoms with van der Waals surface area (Å²) in [4.78, 5) is 18.6. The van der Waals surface area contributed by atoms with Crippen molar-refractivity contribution in [2.75, 3.05) is 20.1 Å². The molecule has 0 aromatic heterocycles. The van der Waals surface area contributed by atoms with Crippen LogP contribution in [0, 0.1) is 5.92 Å². The molecule has 2 rings (SSSR count). The number of carbonyl (C=O) groups excluding carboxylic acids is 1.